The first-order valence-corrected chi connectivity index (χ1v) is 5.88. The highest BCUT2D eigenvalue weighted by atomic mass is 16.6. The quantitative estimate of drug-likeness (QED) is 0.629. The van der Waals surface area contributed by atoms with Crippen LogP contribution in [0.2, 0.25) is 0 Å². The first kappa shape index (κ1) is 11.4. The van der Waals surface area contributed by atoms with E-state index in [4.69, 9.17) is 4.74 Å². The molecule has 0 aromatic rings. The van der Waals surface area contributed by atoms with Gasteiger partial charge in [0.2, 0.25) is 11.8 Å². The van der Waals surface area contributed by atoms with E-state index < -0.39 is 0 Å². The fraction of sp³-hybridized carbons (Fsp3) is 0.818. The van der Waals surface area contributed by atoms with Crippen LogP contribution in [-0.2, 0) is 14.3 Å². The van der Waals surface area contributed by atoms with Gasteiger partial charge in [0.05, 0.1) is 12.7 Å². The summed E-state index contributed by atoms with van der Waals surface area (Å²) in [6.45, 7) is 5.17. The number of carbonyl (C=O) groups excluding carboxylic acids is 2. The zero-order valence-electron chi connectivity index (χ0n) is 9.65. The van der Waals surface area contributed by atoms with Crippen LogP contribution in [0, 0.1) is 0 Å². The van der Waals surface area contributed by atoms with E-state index in [1.807, 2.05) is 11.8 Å². The number of nitrogens with zero attached hydrogens (tertiary/aromatic N) is 2. The summed E-state index contributed by atoms with van der Waals surface area (Å²) >= 11 is 0. The summed E-state index contributed by atoms with van der Waals surface area (Å²) in [4.78, 5) is 26.9. The number of ether oxygens (including phenoxy) is 1. The van der Waals surface area contributed by atoms with Crippen LogP contribution in [0.15, 0.2) is 0 Å². The second-order valence-corrected chi connectivity index (χ2v) is 4.28. The van der Waals surface area contributed by atoms with Crippen molar-refractivity contribution in [3.63, 3.8) is 0 Å². The van der Waals surface area contributed by atoms with E-state index in [1.165, 1.54) is 0 Å². The molecular weight excluding hydrogens is 208 g/mol. The Balaban J connectivity index is 1.89. The standard InChI is InChI=1S/C11H18N2O3/c1-2-10(14)12-4-3-11(15)13(6-5-12)7-9-8-16-9/h9H,2-8H2,1H3/t9-/m0/s1. The van der Waals surface area contributed by atoms with E-state index in [2.05, 4.69) is 0 Å². The van der Waals surface area contributed by atoms with Crippen molar-refractivity contribution in [3.05, 3.63) is 0 Å². The van der Waals surface area contributed by atoms with E-state index in [0.717, 1.165) is 6.61 Å². The lowest BCUT2D eigenvalue weighted by molar-refractivity contribution is -0.130. The van der Waals surface area contributed by atoms with Gasteiger partial charge in [0.25, 0.3) is 0 Å². The van der Waals surface area contributed by atoms with Crippen molar-refractivity contribution in [2.75, 3.05) is 32.8 Å². The first-order chi connectivity index (χ1) is 7.70. The van der Waals surface area contributed by atoms with Crippen LogP contribution in [0.4, 0.5) is 0 Å². The van der Waals surface area contributed by atoms with Gasteiger partial charge in [-0.2, -0.15) is 0 Å². The SMILES string of the molecule is CCC(=O)N1CCC(=O)N(C[C@H]2CO2)CC1. The largest absolute Gasteiger partial charge is 0.371 e. The molecule has 2 aliphatic rings. The molecule has 0 aromatic carbocycles. The van der Waals surface area contributed by atoms with Gasteiger partial charge in [-0.1, -0.05) is 6.92 Å². The molecule has 5 nitrogen and oxygen atoms in total. The van der Waals surface area contributed by atoms with Crippen LogP contribution < -0.4 is 0 Å². The molecule has 2 aliphatic heterocycles. The molecule has 90 valence electrons. The Morgan fingerprint density at radius 1 is 1.44 bits per heavy atom. The summed E-state index contributed by atoms with van der Waals surface area (Å²) in [7, 11) is 0. The van der Waals surface area contributed by atoms with E-state index >= 15 is 0 Å². The van der Waals surface area contributed by atoms with Gasteiger partial charge in [-0.3, -0.25) is 9.59 Å². The van der Waals surface area contributed by atoms with Gasteiger partial charge in [-0.05, 0) is 0 Å². The second-order valence-electron chi connectivity index (χ2n) is 4.28. The van der Waals surface area contributed by atoms with Crippen molar-refractivity contribution < 1.29 is 14.3 Å². The maximum Gasteiger partial charge on any atom is 0.224 e. The van der Waals surface area contributed by atoms with Crippen LogP contribution in [0.5, 0.6) is 0 Å². The molecule has 0 radical (unpaired) electrons. The molecular formula is C11H18N2O3. The summed E-state index contributed by atoms with van der Waals surface area (Å²) in [5.41, 5.74) is 0. The van der Waals surface area contributed by atoms with Crippen molar-refractivity contribution in [2.45, 2.75) is 25.9 Å². The topological polar surface area (TPSA) is 53.2 Å². The number of carbonyl (C=O) groups is 2. The third-order valence-electron chi connectivity index (χ3n) is 3.07. The van der Waals surface area contributed by atoms with Crippen molar-refractivity contribution in [3.8, 4) is 0 Å². The molecule has 0 N–H and O–H groups in total. The van der Waals surface area contributed by atoms with Crippen LogP contribution in [-0.4, -0.2) is 60.5 Å². The summed E-state index contributed by atoms with van der Waals surface area (Å²) in [6.07, 6.45) is 1.19. The third kappa shape index (κ3) is 2.72. The Morgan fingerprint density at radius 3 is 2.81 bits per heavy atom. The zero-order chi connectivity index (χ0) is 11.5. The lowest BCUT2D eigenvalue weighted by atomic mass is 10.3. The highest BCUT2D eigenvalue weighted by molar-refractivity contribution is 5.80. The van der Waals surface area contributed by atoms with Crippen LogP contribution >= 0.6 is 0 Å². The van der Waals surface area contributed by atoms with Crippen molar-refractivity contribution >= 4 is 11.8 Å². The minimum Gasteiger partial charge on any atom is -0.371 e. The lowest BCUT2D eigenvalue weighted by Crippen LogP contribution is -2.37. The first-order valence-electron chi connectivity index (χ1n) is 5.88. The van der Waals surface area contributed by atoms with Gasteiger partial charge in [-0.15, -0.1) is 0 Å². The number of rotatable bonds is 3. The predicted octanol–water partition coefficient (Wildman–Crippen LogP) is -0.144. The zero-order valence-corrected chi connectivity index (χ0v) is 9.65. The van der Waals surface area contributed by atoms with Crippen LogP contribution in [0.3, 0.4) is 0 Å². The fourth-order valence-electron chi connectivity index (χ4n) is 1.95. The molecule has 16 heavy (non-hydrogen) atoms. The lowest BCUT2D eigenvalue weighted by Gasteiger charge is -2.21. The molecule has 2 rings (SSSR count). The molecule has 0 unspecified atom stereocenters. The van der Waals surface area contributed by atoms with Gasteiger partial charge in [0, 0.05) is 39.0 Å². The number of hydrogen-bond donors (Lipinski definition) is 0. The second kappa shape index (κ2) is 4.82. The van der Waals surface area contributed by atoms with Gasteiger partial charge >= 0.3 is 0 Å². The predicted molar refractivity (Wildman–Crippen MR) is 57.8 cm³/mol. The highest BCUT2D eigenvalue weighted by Gasteiger charge is 2.30. The Morgan fingerprint density at radius 2 is 2.19 bits per heavy atom. The fourth-order valence-corrected chi connectivity index (χ4v) is 1.95. The molecule has 0 aromatic heterocycles. The van der Waals surface area contributed by atoms with Crippen LogP contribution in [0.25, 0.3) is 0 Å². The average Bonchev–Trinajstić information content (AvgIpc) is 3.10. The Bertz CT molecular complexity index is 289. The molecule has 0 aliphatic carbocycles. The molecule has 2 amide bonds. The number of epoxide rings is 1. The molecule has 2 saturated heterocycles. The Labute approximate surface area is 95.3 Å². The molecule has 0 saturated carbocycles. The van der Waals surface area contributed by atoms with Gasteiger partial charge in [-0.25, -0.2) is 0 Å². The molecule has 5 heteroatoms. The average molecular weight is 226 g/mol. The van der Waals surface area contributed by atoms with Gasteiger partial charge in [0.15, 0.2) is 0 Å². The normalized spacial score (nSPS) is 25.6. The maximum absolute atomic E-state index is 11.8. The van der Waals surface area contributed by atoms with Crippen LogP contribution in [0.1, 0.15) is 19.8 Å². The minimum atomic E-state index is 0.136. The van der Waals surface area contributed by atoms with E-state index in [9.17, 15) is 9.59 Å². The van der Waals surface area contributed by atoms with Gasteiger partial charge < -0.3 is 14.5 Å². The highest BCUT2D eigenvalue weighted by Crippen LogP contribution is 2.13. The van der Waals surface area contributed by atoms with E-state index in [-0.39, 0.29) is 17.9 Å². The maximum atomic E-state index is 11.8. The third-order valence-corrected chi connectivity index (χ3v) is 3.07. The Kier molecular flexibility index (Phi) is 3.43. The van der Waals surface area contributed by atoms with E-state index in [0.29, 0.717) is 39.0 Å². The number of hydrogen-bond acceptors (Lipinski definition) is 3. The summed E-state index contributed by atoms with van der Waals surface area (Å²) in [5.74, 6) is 0.277. The number of amides is 2. The monoisotopic (exact) mass is 226 g/mol. The summed E-state index contributed by atoms with van der Waals surface area (Å²) in [5, 5.41) is 0. The van der Waals surface area contributed by atoms with Gasteiger partial charge in [0.1, 0.15) is 0 Å². The molecule has 0 spiro atoms. The molecule has 0 bridgehead atoms. The Hall–Kier alpha value is -1.10. The smallest absolute Gasteiger partial charge is 0.224 e. The van der Waals surface area contributed by atoms with Crippen molar-refractivity contribution in [1.29, 1.82) is 0 Å². The molecule has 2 heterocycles. The molecule has 1 atom stereocenters. The van der Waals surface area contributed by atoms with E-state index in [1.54, 1.807) is 4.90 Å². The summed E-state index contributed by atoms with van der Waals surface area (Å²) < 4.78 is 5.12. The van der Waals surface area contributed by atoms with Crippen molar-refractivity contribution in [1.82, 2.24) is 9.80 Å². The summed E-state index contributed by atoms with van der Waals surface area (Å²) in [6, 6.07) is 0. The minimum absolute atomic E-state index is 0.136. The van der Waals surface area contributed by atoms with Crippen molar-refractivity contribution in [2.24, 2.45) is 0 Å². The molecule has 2 fully saturated rings.